The molecule has 1 atom stereocenters. The molecule has 1 fully saturated rings. The number of rotatable bonds is 4. The zero-order valence-electron chi connectivity index (χ0n) is 10.4. The molecule has 0 aromatic carbocycles. The number of carbonyl (C=O) groups excluding carboxylic acids is 1. The van der Waals surface area contributed by atoms with Crippen LogP contribution in [0.3, 0.4) is 0 Å². The Morgan fingerprint density at radius 3 is 2.89 bits per heavy atom. The first-order valence-corrected chi connectivity index (χ1v) is 6.29. The predicted octanol–water partition coefficient (Wildman–Crippen LogP) is 0.141. The molecule has 2 heterocycles. The quantitative estimate of drug-likeness (QED) is 0.791. The van der Waals surface area contributed by atoms with E-state index in [2.05, 4.69) is 15.1 Å². The maximum atomic E-state index is 10.9. The van der Waals surface area contributed by atoms with E-state index < -0.39 is 5.91 Å². The molecule has 0 saturated carbocycles. The molecule has 2 rings (SSSR count). The Morgan fingerprint density at radius 2 is 2.28 bits per heavy atom. The molecule has 0 aliphatic carbocycles. The number of piperidine rings is 1. The van der Waals surface area contributed by atoms with Gasteiger partial charge in [-0.05, 0) is 43.9 Å². The highest BCUT2D eigenvalue weighted by Gasteiger charge is 2.20. The predicted molar refractivity (Wildman–Crippen MR) is 69.2 cm³/mol. The van der Waals surface area contributed by atoms with E-state index in [1.165, 1.54) is 6.42 Å². The highest BCUT2D eigenvalue weighted by Crippen LogP contribution is 2.22. The van der Waals surface area contributed by atoms with Crippen molar-refractivity contribution < 1.29 is 4.79 Å². The van der Waals surface area contributed by atoms with Gasteiger partial charge >= 0.3 is 0 Å². The largest absolute Gasteiger partial charge is 0.364 e. The van der Waals surface area contributed by atoms with Crippen molar-refractivity contribution >= 4 is 11.7 Å². The van der Waals surface area contributed by atoms with Crippen molar-refractivity contribution in [2.24, 2.45) is 17.4 Å². The van der Waals surface area contributed by atoms with Crippen molar-refractivity contribution in [3.05, 3.63) is 17.8 Å². The standard InChI is InChI=1S/C12H19N5O/c13-6-5-9-2-1-7-17(8-9)11-4-3-10(12(14)18)15-16-11/h3-4,9H,1-2,5-8,13H2,(H2,14,18). The third-order valence-corrected chi connectivity index (χ3v) is 3.32. The lowest BCUT2D eigenvalue weighted by molar-refractivity contribution is 0.0994. The number of hydrogen-bond acceptors (Lipinski definition) is 5. The van der Waals surface area contributed by atoms with Crippen LogP contribution >= 0.6 is 0 Å². The molecule has 1 amide bonds. The van der Waals surface area contributed by atoms with Gasteiger partial charge in [-0.3, -0.25) is 4.79 Å². The van der Waals surface area contributed by atoms with Gasteiger partial charge in [-0.15, -0.1) is 10.2 Å². The topological polar surface area (TPSA) is 98.1 Å². The van der Waals surface area contributed by atoms with Crippen LogP contribution in [0, 0.1) is 5.92 Å². The second-order valence-corrected chi connectivity index (χ2v) is 4.67. The fourth-order valence-electron chi connectivity index (χ4n) is 2.37. The second kappa shape index (κ2) is 5.77. The van der Waals surface area contributed by atoms with Crippen LogP contribution < -0.4 is 16.4 Å². The summed E-state index contributed by atoms with van der Waals surface area (Å²) in [5, 5.41) is 7.90. The van der Waals surface area contributed by atoms with E-state index in [-0.39, 0.29) is 5.69 Å². The van der Waals surface area contributed by atoms with Crippen LogP contribution in [0.1, 0.15) is 29.8 Å². The molecule has 4 N–H and O–H groups in total. The lowest BCUT2D eigenvalue weighted by atomic mass is 9.95. The van der Waals surface area contributed by atoms with Crippen molar-refractivity contribution in [3.8, 4) is 0 Å². The maximum Gasteiger partial charge on any atom is 0.269 e. The second-order valence-electron chi connectivity index (χ2n) is 4.67. The van der Waals surface area contributed by atoms with Gasteiger partial charge in [-0.1, -0.05) is 0 Å². The molecule has 1 aromatic heterocycles. The van der Waals surface area contributed by atoms with E-state index in [0.717, 1.165) is 38.3 Å². The average Bonchev–Trinajstić information content (AvgIpc) is 2.39. The van der Waals surface area contributed by atoms with Crippen LogP contribution in [-0.4, -0.2) is 35.7 Å². The molecule has 6 nitrogen and oxygen atoms in total. The summed E-state index contributed by atoms with van der Waals surface area (Å²) in [6.45, 7) is 2.66. The molecule has 1 aliphatic heterocycles. The average molecular weight is 249 g/mol. The lowest BCUT2D eigenvalue weighted by Gasteiger charge is -2.33. The molecular formula is C12H19N5O. The van der Waals surface area contributed by atoms with Gasteiger partial charge in [-0.2, -0.15) is 0 Å². The van der Waals surface area contributed by atoms with Crippen LogP contribution in [0.25, 0.3) is 0 Å². The molecule has 1 unspecified atom stereocenters. The molecule has 1 aliphatic rings. The monoisotopic (exact) mass is 249 g/mol. The zero-order valence-corrected chi connectivity index (χ0v) is 10.4. The Kier molecular flexibility index (Phi) is 4.09. The molecule has 0 spiro atoms. The summed E-state index contributed by atoms with van der Waals surface area (Å²) in [6, 6.07) is 3.43. The number of aromatic nitrogens is 2. The number of nitrogens with zero attached hydrogens (tertiary/aromatic N) is 3. The maximum absolute atomic E-state index is 10.9. The normalized spacial score (nSPS) is 19.8. The molecule has 1 saturated heterocycles. The van der Waals surface area contributed by atoms with Crippen molar-refractivity contribution in [1.82, 2.24) is 10.2 Å². The minimum atomic E-state index is -0.547. The third kappa shape index (κ3) is 2.95. The van der Waals surface area contributed by atoms with Crippen molar-refractivity contribution in [3.63, 3.8) is 0 Å². The first kappa shape index (κ1) is 12.8. The zero-order chi connectivity index (χ0) is 13.0. The smallest absolute Gasteiger partial charge is 0.269 e. The lowest BCUT2D eigenvalue weighted by Crippen LogP contribution is -2.37. The van der Waals surface area contributed by atoms with Crippen LogP contribution in [0.2, 0.25) is 0 Å². The fraction of sp³-hybridized carbons (Fsp3) is 0.583. The van der Waals surface area contributed by atoms with Gasteiger partial charge in [-0.25, -0.2) is 0 Å². The number of nitrogens with two attached hydrogens (primary N) is 2. The molecule has 6 heteroatoms. The van der Waals surface area contributed by atoms with Crippen molar-refractivity contribution in [1.29, 1.82) is 0 Å². The van der Waals surface area contributed by atoms with E-state index in [0.29, 0.717) is 5.92 Å². The van der Waals surface area contributed by atoms with Gasteiger partial charge in [0.25, 0.3) is 5.91 Å². The van der Waals surface area contributed by atoms with Gasteiger partial charge in [0, 0.05) is 13.1 Å². The molecule has 0 bridgehead atoms. The van der Waals surface area contributed by atoms with Crippen molar-refractivity contribution in [2.75, 3.05) is 24.5 Å². The van der Waals surface area contributed by atoms with E-state index in [1.807, 2.05) is 0 Å². The van der Waals surface area contributed by atoms with Crippen molar-refractivity contribution in [2.45, 2.75) is 19.3 Å². The first-order chi connectivity index (χ1) is 8.70. The molecule has 0 radical (unpaired) electrons. The minimum absolute atomic E-state index is 0.203. The SMILES string of the molecule is NCCC1CCCN(c2ccc(C(N)=O)nn2)C1. The van der Waals surface area contributed by atoms with E-state index >= 15 is 0 Å². The van der Waals surface area contributed by atoms with Crippen LogP contribution in [0.15, 0.2) is 12.1 Å². The molecular weight excluding hydrogens is 230 g/mol. The van der Waals surface area contributed by atoms with E-state index in [4.69, 9.17) is 11.5 Å². The van der Waals surface area contributed by atoms with Crippen LogP contribution in [-0.2, 0) is 0 Å². The summed E-state index contributed by atoms with van der Waals surface area (Å²) in [4.78, 5) is 13.1. The summed E-state index contributed by atoms with van der Waals surface area (Å²) >= 11 is 0. The van der Waals surface area contributed by atoms with Gasteiger partial charge in [0.1, 0.15) is 0 Å². The highest BCUT2D eigenvalue weighted by atomic mass is 16.1. The Morgan fingerprint density at radius 1 is 1.44 bits per heavy atom. The van der Waals surface area contributed by atoms with Gasteiger partial charge in [0.15, 0.2) is 11.5 Å². The summed E-state index contributed by atoms with van der Waals surface area (Å²) < 4.78 is 0. The Bertz CT molecular complexity index is 403. The summed E-state index contributed by atoms with van der Waals surface area (Å²) in [5.41, 5.74) is 10.9. The highest BCUT2D eigenvalue weighted by molar-refractivity contribution is 5.90. The summed E-state index contributed by atoms with van der Waals surface area (Å²) in [6.07, 6.45) is 3.41. The van der Waals surface area contributed by atoms with Crippen LogP contribution in [0.5, 0.6) is 0 Å². The summed E-state index contributed by atoms with van der Waals surface area (Å²) in [7, 11) is 0. The third-order valence-electron chi connectivity index (χ3n) is 3.32. The fourth-order valence-corrected chi connectivity index (χ4v) is 2.37. The molecule has 18 heavy (non-hydrogen) atoms. The van der Waals surface area contributed by atoms with Crippen LogP contribution in [0.4, 0.5) is 5.82 Å². The van der Waals surface area contributed by atoms with Gasteiger partial charge in [0.2, 0.25) is 0 Å². The van der Waals surface area contributed by atoms with E-state index in [1.54, 1.807) is 12.1 Å². The molecule has 98 valence electrons. The number of carbonyl (C=O) groups is 1. The number of amides is 1. The number of anilines is 1. The minimum Gasteiger partial charge on any atom is -0.364 e. The number of primary amides is 1. The van der Waals surface area contributed by atoms with E-state index in [9.17, 15) is 4.79 Å². The number of hydrogen-bond donors (Lipinski definition) is 2. The first-order valence-electron chi connectivity index (χ1n) is 6.29. The Balaban J connectivity index is 2.04. The Labute approximate surface area is 106 Å². The van der Waals surface area contributed by atoms with Gasteiger partial charge < -0.3 is 16.4 Å². The summed E-state index contributed by atoms with van der Waals surface area (Å²) in [5.74, 6) is 0.886. The van der Waals surface area contributed by atoms with Gasteiger partial charge in [0.05, 0.1) is 0 Å². The Hall–Kier alpha value is -1.69. The molecule has 1 aromatic rings.